The van der Waals surface area contributed by atoms with Gasteiger partial charge in [0.2, 0.25) is 0 Å². The van der Waals surface area contributed by atoms with Crippen LogP contribution in [0.25, 0.3) is 0 Å². The second-order valence-corrected chi connectivity index (χ2v) is 8.35. The molecule has 0 aromatic heterocycles. The van der Waals surface area contributed by atoms with Crippen molar-refractivity contribution in [3.05, 3.63) is 95.3 Å². The third-order valence-electron chi connectivity index (χ3n) is 6.09. The Kier molecular flexibility index (Phi) is 6.86. The molecule has 0 unspecified atom stereocenters. The van der Waals surface area contributed by atoms with Gasteiger partial charge in [0.05, 0.1) is 12.7 Å². The van der Waals surface area contributed by atoms with E-state index in [4.69, 9.17) is 4.74 Å². The molecule has 5 heteroatoms. The van der Waals surface area contributed by atoms with Crippen LogP contribution in [-0.2, 0) is 6.54 Å². The van der Waals surface area contributed by atoms with Gasteiger partial charge in [-0.1, -0.05) is 42.0 Å². The first-order valence-electron chi connectivity index (χ1n) is 11.0. The van der Waals surface area contributed by atoms with Gasteiger partial charge in [-0.05, 0) is 61.7 Å². The van der Waals surface area contributed by atoms with Crippen LogP contribution in [0.3, 0.4) is 0 Å². The van der Waals surface area contributed by atoms with Gasteiger partial charge in [-0.25, -0.2) is 4.39 Å². The summed E-state index contributed by atoms with van der Waals surface area (Å²) in [6.45, 7) is 4.46. The molecule has 1 aliphatic rings. The molecule has 0 atom stereocenters. The van der Waals surface area contributed by atoms with Gasteiger partial charge in [0.25, 0.3) is 5.91 Å². The number of rotatable bonds is 6. The van der Waals surface area contributed by atoms with E-state index in [1.165, 1.54) is 6.07 Å². The monoisotopic (exact) mass is 432 g/mol. The number of carbonyl (C=O) groups excluding carboxylic acids is 1. The number of hydrogen-bond acceptors (Lipinski definition) is 3. The fourth-order valence-electron chi connectivity index (χ4n) is 4.38. The second kappa shape index (κ2) is 9.96. The summed E-state index contributed by atoms with van der Waals surface area (Å²) < 4.78 is 19.0. The van der Waals surface area contributed by atoms with Crippen molar-refractivity contribution in [1.29, 1.82) is 0 Å². The summed E-state index contributed by atoms with van der Waals surface area (Å²) >= 11 is 0. The topological polar surface area (TPSA) is 32.8 Å². The molecular formula is C27H29FN2O2. The molecule has 1 amide bonds. The zero-order chi connectivity index (χ0) is 22.5. The Morgan fingerprint density at radius 3 is 2.44 bits per heavy atom. The highest BCUT2D eigenvalue weighted by atomic mass is 19.1. The Morgan fingerprint density at radius 2 is 1.75 bits per heavy atom. The molecule has 1 saturated heterocycles. The number of anilines is 1. The molecule has 0 aliphatic carbocycles. The minimum Gasteiger partial charge on any atom is -0.496 e. The number of piperidine rings is 1. The Morgan fingerprint density at radius 1 is 1.03 bits per heavy atom. The summed E-state index contributed by atoms with van der Waals surface area (Å²) in [6.07, 6.45) is 1.70. The van der Waals surface area contributed by atoms with Crippen molar-refractivity contribution in [1.82, 2.24) is 4.90 Å². The molecule has 4 rings (SSSR count). The van der Waals surface area contributed by atoms with Crippen LogP contribution in [0.15, 0.2) is 72.8 Å². The van der Waals surface area contributed by atoms with Gasteiger partial charge in [-0.15, -0.1) is 0 Å². The molecule has 3 aromatic carbocycles. The number of methoxy groups -OCH3 is 1. The molecule has 0 radical (unpaired) electrons. The predicted molar refractivity (Wildman–Crippen MR) is 126 cm³/mol. The van der Waals surface area contributed by atoms with Gasteiger partial charge >= 0.3 is 0 Å². The van der Waals surface area contributed by atoms with Crippen molar-refractivity contribution >= 4 is 11.6 Å². The minimum atomic E-state index is -0.203. The normalized spacial score (nSPS) is 14.8. The van der Waals surface area contributed by atoms with Gasteiger partial charge < -0.3 is 9.64 Å². The van der Waals surface area contributed by atoms with Crippen LogP contribution in [0.1, 0.15) is 34.3 Å². The van der Waals surface area contributed by atoms with Gasteiger partial charge in [0.1, 0.15) is 11.6 Å². The lowest BCUT2D eigenvalue weighted by molar-refractivity contribution is 0.0955. The van der Waals surface area contributed by atoms with Crippen LogP contribution in [0, 0.1) is 12.7 Å². The van der Waals surface area contributed by atoms with Crippen LogP contribution < -0.4 is 9.64 Å². The van der Waals surface area contributed by atoms with E-state index >= 15 is 0 Å². The van der Waals surface area contributed by atoms with Crippen molar-refractivity contribution < 1.29 is 13.9 Å². The van der Waals surface area contributed by atoms with Crippen LogP contribution >= 0.6 is 0 Å². The first-order valence-corrected chi connectivity index (χ1v) is 11.0. The number of hydrogen-bond donors (Lipinski definition) is 0. The van der Waals surface area contributed by atoms with Gasteiger partial charge in [0.15, 0.2) is 0 Å². The maximum Gasteiger partial charge on any atom is 0.262 e. The lowest BCUT2D eigenvalue weighted by atomic mass is 9.99. The Balaban J connectivity index is 1.54. The number of carbonyl (C=O) groups is 1. The van der Waals surface area contributed by atoms with Gasteiger partial charge in [-0.2, -0.15) is 0 Å². The van der Waals surface area contributed by atoms with E-state index < -0.39 is 0 Å². The van der Waals surface area contributed by atoms with E-state index in [0.717, 1.165) is 49.3 Å². The first-order chi connectivity index (χ1) is 15.5. The second-order valence-electron chi connectivity index (χ2n) is 8.35. The highest BCUT2D eigenvalue weighted by Crippen LogP contribution is 2.29. The maximum absolute atomic E-state index is 13.7. The van der Waals surface area contributed by atoms with Crippen LogP contribution in [0.4, 0.5) is 10.1 Å². The lowest BCUT2D eigenvalue weighted by Gasteiger charge is -2.39. The fraction of sp³-hybridized carbons (Fsp3) is 0.296. The fourth-order valence-corrected chi connectivity index (χ4v) is 4.38. The average molecular weight is 433 g/mol. The van der Waals surface area contributed by atoms with Crippen molar-refractivity contribution in [2.24, 2.45) is 0 Å². The number of nitrogens with zero attached hydrogens (tertiary/aromatic N) is 2. The average Bonchev–Trinajstić information content (AvgIpc) is 2.81. The molecule has 0 bridgehead atoms. The Bertz CT molecular complexity index is 1060. The number of aryl methyl sites for hydroxylation is 1. The molecule has 1 fully saturated rings. The molecule has 0 saturated carbocycles. The van der Waals surface area contributed by atoms with Gasteiger partial charge in [-0.3, -0.25) is 9.69 Å². The van der Waals surface area contributed by atoms with E-state index in [1.54, 1.807) is 19.2 Å². The van der Waals surface area contributed by atoms with Crippen LogP contribution in [0.2, 0.25) is 0 Å². The lowest BCUT2D eigenvalue weighted by Crippen LogP contribution is -2.47. The van der Waals surface area contributed by atoms with Crippen molar-refractivity contribution in [2.75, 3.05) is 25.1 Å². The molecule has 0 spiro atoms. The van der Waals surface area contributed by atoms with Crippen LogP contribution in [0.5, 0.6) is 5.75 Å². The number of amides is 1. The maximum atomic E-state index is 13.7. The quantitative estimate of drug-likeness (QED) is 0.519. The van der Waals surface area contributed by atoms with E-state index in [-0.39, 0.29) is 17.8 Å². The summed E-state index contributed by atoms with van der Waals surface area (Å²) in [5.74, 6) is 0.332. The standard InChI is InChI=1S/C27H29FN2O2/c1-20-10-12-23(13-11-20)30(27(31)25-8-3-4-9-26(25)32-2)24-14-16-29(17-15-24)19-21-6-5-7-22(28)18-21/h3-13,18,24H,14-17,19H2,1-2H3. The van der Waals surface area contributed by atoms with Crippen molar-refractivity contribution in [2.45, 2.75) is 32.4 Å². The largest absolute Gasteiger partial charge is 0.496 e. The Labute approximate surface area is 189 Å². The number of likely N-dealkylation sites (tertiary alicyclic amines) is 1. The van der Waals surface area contributed by atoms with E-state index in [0.29, 0.717) is 11.3 Å². The summed E-state index contributed by atoms with van der Waals surface area (Å²) in [4.78, 5) is 18.0. The van der Waals surface area contributed by atoms with Gasteiger partial charge in [0, 0.05) is 31.4 Å². The summed E-state index contributed by atoms with van der Waals surface area (Å²) in [7, 11) is 1.59. The smallest absolute Gasteiger partial charge is 0.262 e. The van der Waals surface area contributed by atoms with Crippen LogP contribution in [-0.4, -0.2) is 37.0 Å². The highest BCUT2D eigenvalue weighted by Gasteiger charge is 2.31. The van der Waals surface area contributed by atoms with E-state index in [2.05, 4.69) is 4.90 Å². The third kappa shape index (κ3) is 5.00. The van der Waals surface area contributed by atoms with E-state index in [1.807, 2.05) is 66.4 Å². The highest BCUT2D eigenvalue weighted by molar-refractivity contribution is 6.08. The number of ether oxygens (including phenoxy) is 1. The first kappa shape index (κ1) is 22.0. The predicted octanol–water partition coefficient (Wildman–Crippen LogP) is 5.45. The Hall–Kier alpha value is -3.18. The third-order valence-corrected chi connectivity index (χ3v) is 6.09. The number of benzene rings is 3. The molecule has 32 heavy (non-hydrogen) atoms. The number of para-hydroxylation sites is 1. The molecule has 3 aromatic rings. The summed E-state index contributed by atoms with van der Waals surface area (Å²) in [6, 6.07) is 22.3. The zero-order valence-corrected chi connectivity index (χ0v) is 18.6. The SMILES string of the molecule is COc1ccccc1C(=O)N(c1ccc(C)cc1)C1CCN(Cc2cccc(F)c2)CC1. The van der Waals surface area contributed by atoms with E-state index in [9.17, 15) is 9.18 Å². The molecule has 4 nitrogen and oxygen atoms in total. The molecule has 1 heterocycles. The van der Waals surface area contributed by atoms with Crippen molar-refractivity contribution in [3.8, 4) is 5.75 Å². The zero-order valence-electron chi connectivity index (χ0n) is 18.6. The number of halogens is 1. The molecule has 1 aliphatic heterocycles. The summed E-state index contributed by atoms with van der Waals surface area (Å²) in [5.41, 5.74) is 3.60. The minimum absolute atomic E-state index is 0.0464. The molecular weight excluding hydrogens is 403 g/mol. The molecule has 166 valence electrons. The van der Waals surface area contributed by atoms with Crippen molar-refractivity contribution in [3.63, 3.8) is 0 Å². The molecule has 0 N–H and O–H groups in total. The summed E-state index contributed by atoms with van der Waals surface area (Å²) in [5, 5.41) is 0.